The summed E-state index contributed by atoms with van der Waals surface area (Å²) in [4.78, 5) is 0. The summed E-state index contributed by atoms with van der Waals surface area (Å²) in [5.41, 5.74) is 3.90. The standard InChI is InChI=1S/C22H35NO4S/c1-16(27-15-28)9-10-23(24)13-17-11-18(21(2,3)4)20(26-14-25-8)19(12-17)22(5,6)7/h11-13,15-16H,9-10,14H2,1-8H3. The van der Waals surface area contributed by atoms with E-state index in [0.29, 0.717) is 13.0 Å². The van der Waals surface area contributed by atoms with Crippen LogP contribution < -0.4 is 4.74 Å². The van der Waals surface area contributed by atoms with Crippen LogP contribution in [-0.2, 0) is 20.3 Å². The second-order valence-corrected chi connectivity index (χ2v) is 9.29. The Hall–Kier alpha value is -1.66. The average molecular weight is 410 g/mol. The Bertz CT molecular complexity index is 652. The van der Waals surface area contributed by atoms with Gasteiger partial charge in [0.1, 0.15) is 17.4 Å². The number of methoxy groups -OCH3 is 1. The van der Waals surface area contributed by atoms with Crippen molar-refractivity contribution in [1.29, 1.82) is 0 Å². The fraction of sp³-hybridized carbons (Fsp3) is 0.636. The highest BCUT2D eigenvalue weighted by atomic mass is 32.1. The van der Waals surface area contributed by atoms with E-state index in [4.69, 9.17) is 14.2 Å². The molecule has 0 bridgehead atoms. The maximum absolute atomic E-state index is 12.4. The molecule has 1 unspecified atom stereocenters. The van der Waals surface area contributed by atoms with Gasteiger partial charge in [-0.15, -0.1) is 0 Å². The van der Waals surface area contributed by atoms with Crippen LogP contribution in [0.4, 0.5) is 0 Å². The van der Waals surface area contributed by atoms with Crippen LogP contribution >= 0.6 is 12.2 Å². The Balaban J connectivity index is 3.37. The first-order valence-electron chi connectivity index (χ1n) is 9.58. The lowest BCUT2D eigenvalue weighted by Gasteiger charge is -2.30. The molecule has 1 aromatic carbocycles. The molecule has 0 radical (unpaired) electrons. The molecular weight excluding hydrogens is 374 g/mol. The van der Waals surface area contributed by atoms with E-state index < -0.39 is 0 Å². The Labute approximate surface area is 175 Å². The van der Waals surface area contributed by atoms with E-state index in [9.17, 15) is 5.21 Å². The first kappa shape index (κ1) is 24.4. The van der Waals surface area contributed by atoms with Crippen molar-refractivity contribution in [3.8, 4) is 5.75 Å². The van der Waals surface area contributed by atoms with Crippen LogP contribution in [-0.4, -0.2) is 43.1 Å². The zero-order chi connectivity index (χ0) is 21.5. The Morgan fingerprint density at radius 2 is 1.64 bits per heavy atom. The number of rotatable bonds is 9. The Kier molecular flexibility index (Phi) is 8.89. The molecule has 0 saturated carbocycles. The van der Waals surface area contributed by atoms with Crippen LogP contribution in [0.5, 0.6) is 5.75 Å². The fourth-order valence-corrected chi connectivity index (χ4v) is 3.01. The normalized spacial score (nSPS) is 13.9. The van der Waals surface area contributed by atoms with Gasteiger partial charge in [-0.1, -0.05) is 41.5 Å². The van der Waals surface area contributed by atoms with E-state index in [1.807, 2.05) is 19.1 Å². The van der Waals surface area contributed by atoms with Crippen molar-refractivity contribution in [1.82, 2.24) is 0 Å². The quantitative estimate of drug-likeness (QED) is 0.144. The molecule has 0 aliphatic carbocycles. The topological polar surface area (TPSA) is 53.8 Å². The predicted molar refractivity (Wildman–Crippen MR) is 119 cm³/mol. The third-order valence-electron chi connectivity index (χ3n) is 4.39. The van der Waals surface area contributed by atoms with Crippen molar-refractivity contribution in [3.63, 3.8) is 0 Å². The molecule has 1 atom stereocenters. The van der Waals surface area contributed by atoms with Gasteiger partial charge in [-0.25, -0.2) is 4.74 Å². The van der Waals surface area contributed by atoms with Gasteiger partial charge in [0.25, 0.3) is 0 Å². The number of hydrogen-bond donors (Lipinski definition) is 0. The van der Waals surface area contributed by atoms with Gasteiger partial charge in [0.15, 0.2) is 19.6 Å². The minimum absolute atomic E-state index is 0.0811. The summed E-state index contributed by atoms with van der Waals surface area (Å²) in [6.07, 6.45) is 2.15. The molecule has 0 saturated heterocycles. The number of nitrogens with zero attached hydrogens (tertiary/aromatic N) is 1. The molecule has 28 heavy (non-hydrogen) atoms. The summed E-state index contributed by atoms with van der Waals surface area (Å²) in [5.74, 6) is 0.833. The molecule has 5 nitrogen and oxygen atoms in total. The first-order chi connectivity index (χ1) is 12.9. The molecule has 0 amide bonds. The SMILES string of the molecule is COCOc1c(C(C)(C)C)cc(C=[N+]([O-])CCC(C)OC=S)cc1C(C)(C)C. The molecular formula is C22H35NO4S. The fourth-order valence-electron chi connectivity index (χ4n) is 2.82. The lowest BCUT2D eigenvalue weighted by molar-refractivity contribution is -0.454. The second-order valence-electron chi connectivity index (χ2n) is 9.10. The highest BCUT2D eigenvalue weighted by Crippen LogP contribution is 2.40. The highest BCUT2D eigenvalue weighted by Gasteiger charge is 2.28. The van der Waals surface area contributed by atoms with Gasteiger partial charge in [0.2, 0.25) is 0 Å². The summed E-state index contributed by atoms with van der Waals surface area (Å²) >= 11 is 4.69. The van der Waals surface area contributed by atoms with Crippen LogP contribution in [0.25, 0.3) is 0 Å². The van der Waals surface area contributed by atoms with E-state index in [2.05, 4.69) is 53.8 Å². The van der Waals surface area contributed by atoms with Gasteiger partial charge in [0.05, 0.1) is 0 Å². The number of hydrogen-bond acceptors (Lipinski definition) is 5. The third kappa shape index (κ3) is 7.40. The van der Waals surface area contributed by atoms with E-state index >= 15 is 0 Å². The molecule has 0 spiro atoms. The Morgan fingerprint density at radius 1 is 1.11 bits per heavy atom. The highest BCUT2D eigenvalue weighted by molar-refractivity contribution is 7.78. The molecule has 0 aliphatic heterocycles. The number of thiocarbonyl (C=S) groups is 1. The lowest BCUT2D eigenvalue weighted by atomic mass is 9.78. The summed E-state index contributed by atoms with van der Waals surface area (Å²) in [5, 5.41) is 12.4. The smallest absolute Gasteiger partial charge is 0.188 e. The molecule has 158 valence electrons. The average Bonchev–Trinajstić information content (AvgIpc) is 2.56. The van der Waals surface area contributed by atoms with Crippen LogP contribution in [0.3, 0.4) is 0 Å². The summed E-state index contributed by atoms with van der Waals surface area (Å²) in [7, 11) is 1.61. The number of hydroxylamine groups is 1. The van der Waals surface area contributed by atoms with E-state index in [1.165, 1.54) is 5.55 Å². The van der Waals surface area contributed by atoms with Crippen LogP contribution in [0, 0.1) is 5.21 Å². The van der Waals surface area contributed by atoms with E-state index in [1.54, 1.807) is 13.3 Å². The number of benzene rings is 1. The van der Waals surface area contributed by atoms with E-state index in [-0.39, 0.29) is 23.7 Å². The zero-order valence-corrected chi connectivity index (χ0v) is 19.3. The lowest BCUT2D eigenvalue weighted by Crippen LogP contribution is -2.22. The van der Waals surface area contributed by atoms with Crippen LogP contribution in [0.2, 0.25) is 0 Å². The van der Waals surface area contributed by atoms with Crippen molar-refractivity contribution in [3.05, 3.63) is 34.0 Å². The van der Waals surface area contributed by atoms with Gasteiger partial charge in [-0.2, -0.15) is 0 Å². The maximum atomic E-state index is 12.4. The minimum Gasteiger partial charge on any atom is -0.624 e. The zero-order valence-electron chi connectivity index (χ0n) is 18.5. The second kappa shape index (κ2) is 10.2. The molecule has 0 aromatic heterocycles. The first-order valence-corrected chi connectivity index (χ1v) is 10.1. The van der Waals surface area contributed by atoms with Crippen molar-refractivity contribution in [2.24, 2.45) is 0 Å². The predicted octanol–water partition coefficient (Wildman–Crippen LogP) is 4.95. The Morgan fingerprint density at radius 3 is 2.07 bits per heavy atom. The van der Waals surface area contributed by atoms with Gasteiger partial charge >= 0.3 is 0 Å². The van der Waals surface area contributed by atoms with Gasteiger partial charge < -0.3 is 19.4 Å². The number of ether oxygens (including phenoxy) is 3. The molecule has 0 fully saturated rings. The van der Waals surface area contributed by atoms with Gasteiger partial charge in [-0.05, 0) is 42.1 Å². The molecule has 0 N–H and O–H groups in total. The molecule has 0 aliphatic rings. The van der Waals surface area contributed by atoms with Crippen molar-refractivity contribution in [2.45, 2.75) is 71.8 Å². The third-order valence-corrected chi connectivity index (χ3v) is 4.50. The summed E-state index contributed by atoms with van der Waals surface area (Å²) in [6, 6.07) is 4.06. The van der Waals surface area contributed by atoms with Crippen molar-refractivity contribution in [2.75, 3.05) is 20.4 Å². The van der Waals surface area contributed by atoms with Crippen molar-refractivity contribution >= 4 is 24.0 Å². The molecule has 6 heteroatoms. The molecule has 1 rings (SSSR count). The monoisotopic (exact) mass is 409 g/mol. The summed E-state index contributed by atoms with van der Waals surface area (Å²) < 4.78 is 17.3. The van der Waals surface area contributed by atoms with Crippen LogP contribution in [0.15, 0.2) is 12.1 Å². The van der Waals surface area contributed by atoms with Crippen LogP contribution in [0.1, 0.15) is 71.6 Å². The largest absolute Gasteiger partial charge is 0.624 e. The summed E-state index contributed by atoms with van der Waals surface area (Å²) in [6.45, 7) is 15.2. The van der Waals surface area contributed by atoms with Gasteiger partial charge in [0, 0.05) is 30.2 Å². The van der Waals surface area contributed by atoms with E-state index in [0.717, 1.165) is 27.2 Å². The molecule has 0 heterocycles. The van der Waals surface area contributed by atoms with Crippen molar-refractivity contribution < 1.29 is 18.9 Å². The van der Waals surface area contributed by atoms with Gasteiger partial charge in [-0.3, -0.25) is 0 Å². The minimum atomic E-state index is -0.151. The molecule has 1 aromatic rings. The maximum Gasteiger partial charge on any atom is 0.188 e.